The minimum Gasteiger partial charge on any atom is -0.348 e. The number of aromatic nitrogens is 4. The Kier molecular flexibility index (Phi) is 2.70. The quantitative estimate of drug-likeness (QED) is 0.760. The van der Waals surface area contributed by atoms with Crippen LogP contribution in [0, 0.1) is 0 Å². The van der Waals surface area contributed by atoms with E-state index in [-0.39, 0.29) is 23.5 Å². The Bertz CT molecular complexity index is 738. The average Bonchev–Trinajstić information content (AvgIpc) is 2.94. The summed E-state index contributed by atoms with van der Waals surface area (Å²) >= 11 is 0. The summed E-state index contributed by atoms with van der Waals surface area (Å²) in [6.45, 7) is 0. The monoisotopic (exact) mass is 281 g/mol. The van der Waals surface area contributed by atoms with Gasteiger partial charge in [0.25, 0.3) is 5.91 Å². The highest BCUT2D eigenvalue weighted by atomic mass is 32.2. The van der Waals surface area contributed by atoms with Gasteiger partial charge in [0, 0.05) is 12.2 Å². The number of pyridine rings is 1. The Hall–Kier alpha value is -2.03. The summed E-state index contributed by atoms with van der Waals surface area (Å²) < 4.78 is 24.0. The third-order valence-corrected chi connectivity index (χ3v) is 4.79. The predicted octanol–water partition coefficient (Wildman–Crippen LogP) is -0.959. The van der Waals surface area contributed by atoms with Gasteiger partial charge < -0.3 is 5.32 Å². The van der Waals surface area contributed by atoms with Crippen LogP contribution in [-0.4, -0.2) is 51.9 Å². The predicted molar refractivity (Wildman–Crippen MR) is 65.3 cm³/mol. The minimum atomic E-state index is -3.00. The smallest absolute Gasteiger partial charge is 0.253 e. The summed E-state index contributed by atoms with van der Waals surface area (Å²) in [7, 11) is -3.00. The Morgan fingerprint density at radius 3 is 3.00 bits per heavy atom. The Balaban J connectivity index is 1.76. The van der Waals surface area contributed by atoms with Gasteiger partial charge in [-0.2, -0.15) is 4.52 Å². The molecule has 1 aliphatic rings. The van der Waals surface area contributed by atoms with Crippen molar-refractivity contribution < 1.29 is 13.2 Å². The second kappa shape index (κ2) is 4.26. The van der Waals surface area contributed by atoms with Gasteiger partial charge in [0.15, 0.2) is 15.5 Å². The molecule has 1 N–H and O–H groups in total. The molecule has 0 aromatic carbocycles. The first-order chi connectivity index (χ1) is 9.03. The number of amides is 1. The second-order valence-electron chi connectivity index (χ2n) is 4.47. The molecule has 0 radical (unpaired) electrons. The molecule has 2 aromatic rings. The van der Waals surface area contributed by atoms with Gasteiger partial charge in [-0.15, -0.1) is 5.10 Å². The van der Waals surface area contributed by atoms with Crippen LogP contribution in [0.2, 0.25) is 0 Å². The van der Waals surface area contributed by atoms with Crippen LogP contribution in [0.3, 0.4) is 0 Å². The summed E-state index contributed by atoms with van der Waals surface area (Å²) in [5.41, 5.74) is 0.934. The number of sulfone groups is 1. The molecule has 1 saturated heterocycles. The number of hydrogen-bond acceptors (Lipinski definition) is 6. The van der Waals surface area contributed by atoms with Gasteiger partial charge >= 0.3 is 0 Å². The van der Waals surface area contributed by atoms with Crippen LogP contribution in [0.5, 0.6) is 0 Å². The summed E-state index contributed by atoms with van der Waals surface area (Å²) in [5, 5.41) is 13.6. The molecule has 1 aliphatic heterocycles. The molecule has 0 aliphatic carbocycles. The van der Waals surface area contributed by atoms with Crippen molar-refractivity contribution in [3.8, 4) is 0 Å². The van der Waals surface area contributed by atoms with Gasteiger partial charge in [-0.1, -0.05) is 0 Å². The van der Waals surface area contributed by atoms with Crippen molar-refractivity contribution in [3.63, 3.8) is 0 Å². The SMILES string of the molecule is O=C(NC1CCS(=O)(=O)C1)c1ccc2nnnn2c1. The maximum atomic E-state index is 12.0. The average molecular weight is 281 g/mol. The highest BCUT2D eigenvalue weighted by Crippen LogP contribution is 2.12. The lowest BCUT2D eigenvalue weighted by molar-refractivity contribution is 0.0940. The number of carbonyl (C=O) groups is 1. The molecule has 2 aromatic heterocycles. The molecule has 9 heteroatoms. The highest BCUT2D eigenvalue weighted by Gasteiger charge is 2.29. The summed E-state index contributed by atoms with van der Waals surface area (Å²) in [6.07, 6.45) is 1.97. The van der Waals surface area contributed by atoms with Gasteiger partial charge in [0.05, 0.1) is 17.1 Å². The van der Waals surface area contributed by atoms with E-state index in [0.717, 1.165) is 0 Å². The van der Waals surface area contributed by atoms with Gasteiger partial charge in [-0.3, -0.25) is 4.79 Å². The zero-order valence-corrected chi connectivity index (χ0v) is 10.7. The number of hydrogen-bond donors (Lipinski definition) is 1. The molecular formula is C10H11N5O3S. The number of carbonyl (C=O) groups excluding carboxylic acids is 1. The number of nitrogens with one attached hydrogen (secondary N) is 1. The zero-order chi connectivity index (χ0) is 13.5. The van der Waals surface area contributed by atoms with Crippen LogP contribution in [0.15, 0.2) is 18.3 Å². The molecule has 100 valence electrons. The Morgan fingerprint density at radius 1 is 1.42 bits per heavy atom. The van der Waals surface area contributed by atoms with Crippen molar-refractivity contribution in [2.24, 2.45) is 0 Å². The maximum Gasteiger partial charge on any atom is 0.253 e. The first kappa shape index (κ1) is 12.0. The van der Waals surface area contributed by atoms with Crippen molar-refractivity contribution >= 4 is 21.4 Å². The first-order valence-electron chi connectivity index (χ1n) is 5.72. The molecule has 1 fully saturated rings. The van der Waals surface area contributed by atoms with Crippen LogP contribution in [0.4, 0.5) is 0 Å². The van der Waals surface area contributed by atoms with Gasteiger partial charge in [-0.25, -0.2) is 8.42 Å². The molecule has 8 nitrogen and oxygen atoms in total. The maximum absolute atomic E-state index is 12.0. The van der Waals surface area contributed by atoms with E-state index in [0.29, 0.717) is 17.6 Å². The number of fused-ring (bicyclic) bond motifs is 1. The molecule has 0 spiro atoms. The zero-order valence-electron chi connectivity index (χ0n) is 9.85. The van der Waals surface area contributed by atoms with E-state index in [1.165, 1.54) is 10.7 Å². The first-order valence-corrected chi connectivity index (χ1v) is 7.55. The second-order valence-corrected chi connectivity index (χ2v) is 6.70. The van der Waals surface area contributed by atoms with Crippen molar-refractivity contribution in [3.05, 3.63) is 23.9 Å². The fourth-order valence-corrected chi connectivity index (χ4v) is 3.73. The number of rotatable bonds is 2. The highest BCUT2D eigenvalue weighted by molar-refractivity contribution is 7.91. The van der Waals surface area contributed by atoms with Crippen molar-refractivity contribution in [2.75, 3.05) is 11.5 Å². The fourth-order valence-electron chi connectivity index (χ4n) is 2.05. The Morgan fingerprint density at radius 2 is 2.26 bits per heavy atom. The third kappa shape index (κ3) is 2.41. The van der Waals surface area contributed by atoms with Crippen LogP contribution < -0.4 is 5.32 Å². The van der Waals surface area contributed by atoms with Crippen LogP contribution in [0.1, 0.15) is 16.8 Å². The summed E-state index contributed by atoms with van der Waals surface area (Å²) in [6, 6.07) is 2.91. The molecule has 3 rings (SSSR count). The molecule has 1 atom stereocenters. The van der Waals surface area contributed by atoms with E-state index in [2.05, 4.69) is 20.8 Å². The lowest BCUT2D eigenvalue weighted by atomic mass is 10.2. The van der Waals surface area contributed by atoms with E-state index < -0.39 is 9.84 Å². The molecule has 1 amide bonds. The van der Waals surface area contributed by atoms with Gasteiger partial charge in [-0.05, 0) is 29.0 Å². The lowest BCUT2D eigenvalue weighted by Gasteiger charge is -2.10. The number of nitrogens with zero attached hydrogens (tertiary/aromatic N) is 4. The molecule has 19 heavy (non-hydrogen) atoms. The molecule has 1 unspecified atom stereocenters. The van der Waals surface area contributed by atoms with E-state index in [1.807, 2.05) is 0 Å². The van der Waals surface area contributed by atoms with Crippen molar-refractivity contribution in [2.45, 2.75) is 12.5 Å². The standard InChI is InChI=1S/C10H11N5O3S/c16-10(11-8-3-4-19(17,18)6-8)7-1-2-9-12-13-14-15(9)5-7/h1-2,5,8H,3-4,6H2,(H,11,16). The van der Waals surface area contributed by atoms with Crippen molar-refractivity contribution in [1.29, 1.82) is 0 Å². The lowest BCUT2D eigenvalue weighted by Crippen LogP contribution is -2.35. The Labute approximate surface area is 108 Å². The topological polar surface area (TPSA) is 106 Å². The molecule has 3 heterocycles. The van der Waals surface area contributed by atoms with Crippen molar-refractivity contribution in [1.82, 2.24) is 25.4 Å². The van der Waals surface area contributed by atoms with E-state index in [1.54, 1.807) is 12.1 Å². The van der Waals surface area contributed by atoms with E-state index in [4.69, 9.17) is 0 Å². The molecule has 0 bridgehead atoms. The van der Waals surface area contributed by atoms with E-state index in [9.17, 15) is 13.2 Å². The normalized spacial score (nSPS) is 21.6. The molecular weight excluding hydrogens is 270 g/mol. The van der Waals surface area contributed by atoms with Gasteiger partial charge in [0.2, 0.25) is 0 Å². The summed E-state index contributed by atoms with van der Waals surface area (Å²) in [5.74, 6) is -0.185. The minimum absolute atomic E-state index is 0.00582. The van der Waals surface area contributed by atoms with Crippen LogP contribution in [0.25, 0.3) is 5.65 Å². The molecule has 0 saturated carbocycles. The third-order valence-electron chi connectivity index (χ3n) is 3.02. The van der Waals surface area contributed by atoms with Crippen LogP contribution >= 0.6 is 0 Å². The largest absolute Gasteiger partial charge is 0.348 e. The number of tetrazole rings is 1. The summed E-state index contributed by atoms with van der Waals surface area (Å²) in [4.78, 5) is 12.0. The fraction of sp³-hybridized carbons (Fsp3) is 0.400. The van der Waals surface area contributed by atoms with Gasteiger partial charge in [0.1, 0.15) is 0 Å². The van der Waals surface area contributed by atoms with E-state index >= 15 is 0 Å². The van der Waals surface area contributed by atoms with Crippen LogP contribution in [-0.2, 0) is 9.84 Å².